The van der Waals surface area contributed by atoms with Gasteiger partial charge in [-0.3, -0.25) is 9.69 Å². The SMILES string of the molecule is CCCCOc1ccc(/C=C2\SC(=S)N([C@H](CCCC)C(=O)O)C2=O)cc1OC. The van der Waals surface area contributed by atoms with Gasteiger partial charge in [-0.05, 0) is 36.6 Å². The van der Waals surface area contributed by atoms with Crippen LogP contribution in [0.2, 0.25) is 0 Å². The number of thioether (sulfide) groups is 1. The number of hydrogen-bond acceptors (Lipinski definition) is 6. The molecule has 0 aromatic heterocycles. The number of carboxylic acid groups (broad SMARTS) is 1. The number of rotatable bonds is 11. The first-order valence-electron chi connectivity index (χ1n) is 9.73. The Morgan fingerprint density at radius 1 is 1.28 bits per heavy atom. The first kappa shape index (κ1) is 23.2. The Balaban J connectivity index is 2.23. The normalized spacial score (nSPS) is 16.4. The molecule has 8 heteroatoms. The van der Waals surface area contributed by atoms with Crippen molar-refractivity contribution in [1.29, 1.82) is 0 Å². The van der Waals surface area contributed by atoms with Crippen molar-refractivity contribution in [3.63, 3.8) is 0 Å². The second-order valence-electron chi connectivity index (χ2n) is 6.66. The summed E-state index contributed by atoms with van der Waals surface area (Å²) in [5.74, 6) is -0.176. The molecule has 1 aromatic carbocycles. The van der Waals surface area contributed by atoms with E-state index in [2.05, 4.69) is 6.92 Å². The topological polar surface area (TPSA) is 76.1 Å². The van der Waals surface area contributed by atoms with E-state index in [1.807, 2.05) is 19.1 Å². The molecule has 0 saturated carbocycles. The Bertz CT molecular complexity index is 793. The van der Waals surface area contributed by atoms with Crippen molar-refractivity contribution in [2.24, 2.45) is 0 Å². The molecule has 2 rings (SSSR count). The van der Waals surface area contributed by atoms with E-state index < -0.39 is 12.0 Å². The van der Waals surface area contributed by atoms with Gasteiger partial charge in [0.25, 0.3) is 5.91 Å². The molecule has 0 bridgehead atoms. The Kier molecular flexibility index (Phi) is 8.98. The Morgan fingerprint density at radius 3 is 2.62 bits per heavy atom. The summed E-state index contributed by atoms with van der Waals surface area (Å²) in [6.45, 7) is 4.68. The molecule has 1 fully saturated rings. The molecule has 29 heavy (non-hydrogen) atoms. The van der Waals surface area contributed by atoms with Gasteiger partial charge in [-0.25, -0.2) is 4.79 Å². The lowest BCUT2D eigenvalue weighted by atomic mass is 10.1. The molecule has 1 aliphatic rings. The molecule has 1 aromatic rings. The Labute approximate surface area is 181 Å². The number of ether oxygens (including phenoxy) is 2. The zero-order valence-corrected chi connectivity index (χ0v) is 18.6. The molecule has 1 aliphatic heterocycles. The molecule has 0 aliphatic carbocycles. The summed E-state index contributed by atoms with van der Waals surface area (Å²) < 4.78 is 11.4. The van der Waals surface area contributed by atoms with E-state index in [9.17, 15) is 14.7 Å². The van der Waals surface area contributed by atoms with Crippen molar-refractivity contribution in [3.05, 3.63) is 28.7 Å². The van der Waals surface area contributed by atoms with Gasteiger partial charge in [0.2, 0.25) is 0 Å². The minimum absolute atomic E-state index is 0.274. The van der Waals surface area contributed by atoms with Crippen LogP contribution in [0.25, 0.3) is 6.08 Å². The standard InChI is InChI=1S/C21H27NO5S2/c1-4-6-8-15(20(24)25)22-19(23)18(29-21(22)28)13-14-9-10-16(17(12-14)26-3)27-11-7-5-2/h9-10,12-13,15H,4-8,11H2,1-3H3,(H,24,25)/b18-13-/t15-/m1/s1. The fraction of sp³-hybridized carbons (Fsp3) is 0.476. The monoisotopic (exact) mass is 437 g/mol. The highest BCUT2D eigenvalue weighted by Crippen LogP contribution is 2.36. The molecule has 0 unspecified atom stereocenters. The van der Waals surface area contributed by atoms with Gasteiger partial charge in [0.05, 0.1) is 18.6 Å². The first-order chi connectivity index (χ1) is 13.9. The van der Waals surface area contributed by atoms with Crippen molar-refractivity contribution in [3.8, 4) is 11.5 Å². The number of hydrogen-bond donors (Lipinski definition) is 1. The van der Waals surface area contributed by atoms with Gasteiger partial charge in [0, 0.05) is 0 Å². The summed E-state index contributed by atoms with van der Waals surface area (Å²) in [5.41, 5.74) is 0.755. The maximum Gasteiger partial charge on any atom is 0.326 e. The lowest BCUT2D eigenvalue weighted by Gasteiger charge is -2.22. The summed E-state index contributed by atoms with van der Waals surface area (Å²) in [7, 11) is 1.57. The van der Waals surface area contributed by atoms with Crippen molar-refractivity contribution in [1.82, 2.24) is 4.90 Å². The number of thiocarbonyl (C=S) groups is 1. The van der Waals surface area contributed by atoms with Crippen LogP contribution in [0.4, 0.5) is 0 Å². The van der Waals surface area contributed by atoms with Crippen LogP contribution in [0.3, 0.4) is 0 Å². The largest absolute Gasteiger partial charge is 0.493 e. The number of benzene rings is 1. The molecule has 0 spiro atoms. The average Bonchev–Trinajstić information content (AvgIpc) is 2.96. The molecule has 6 nitrogen and oxygen atoms in total. The van der Waals surface area contributed by atoms with Gasteiger partial charge in [-0.15, -0.1) is 0 Å². The number of carboxylic acids is 1. The van der Waals surface area contributed by atoms with Crippen LogP contribution >= 0.6 is 24.0 Å². The fourth-order valence-electron chi connectivity index (χ4n) is 2.88. The molecular weight excluding hydrogens is 410 g/mol. The van der Waals surface area contributed by atoms with Crippen LogP contribution in [0.15, 0.2) is 23.1 Å². The first-order valence-corrected chi connectivity index (χ1v) is 11.0. The molecule has 1 amide bonds. The minimum atomic E-state index is -1.04. The van der Waals surface area contributed by atoms with Gasteiger partial charge < -0.3 is 14.6 Å². The fourth-order valence-corrected chi connectivity index (χ4v) is 4.24. The second-order valence-corrected chi connectivity index (χ2v) is 8.34. The molecule has 0 radical (unpaired) electrons. The van der Waals surface area contributed by atoms with E-state index in [-0.39, 0.29) is 10.2 Å². The maximum atomic E-state index is 12.9. The lowest BCUT2D eigenvalue weighted by Crippen LogP contribution is -2.43. The number of methoxy groups -OCH3 is 1. The number of carbonyl (C=O) groups excluding carboxylic acids is 1. The Morgan fingerprint density at radius 2 is 2.00 bits per heavy atom. The van der Waals surface area contributed by atoms with Gasteiger partial charge in [-0.2, -0.15) is 0 Å². The number of nitrogens with zero attached hydrogens (tertiary/aromatic N) is 1. The molecule has 1 N–H and O–H groups in total. The van der Waals surface area contributed by atoms with Crippen LogP contribution in [0, 0.1) is 0 Å². The van der Waals surface area contributed by atoms with E-state index >= 15 is 0 Å². The van der Waals surface area contributed by atoms with Gasteiger partial charge in [0.15, 0.2) is 11.5 Å². The van der Waals surface area contributed by atoms with E-state index in [0.29, 0.717) is 35.9 Å². The van der Waals surface area contributed by atoms with Crippen molar-refractivity contribution < 1.29 is 24.2 Å². The van der Waals surface area contributed by atoms with E-state index in [4.69, 9.17) is 21.7 Å². The predicted molar refractivity (Wildman–Crippen MR) is 119 cm³/mol. The second kappa shape index (κ2) is 11.2. The maximum absolute atomic E-state index is 12.9. The lowest BCUT2D eigenvalue weighted by molar-refractivity contribution is -0.145. The quantitative estimate of drug-likeness (QED) is 0.305. The smallest absolute Gasteiger partial charge is 0.326 e. The highest BCUT2D eigenvalue weighted by atomic mass is 32.2. The van der Waals surface area contributed by atoms with Crippen LogP contribution in [-0.2, 0) is 9.59 Å². The summed E-state index contributed by atoms with van der Waals surface area (Å²) in [6.07, 6.45) is 5.64. The molecule has 1 atom stereocenters. The third-order valence-corrected chi connectivity index (χ3v) is 5.82. The van der Waals surface area contributed by atoms with Crippen LogP contribution in [-0.4, -0.2) is 46.0 Å². The van der Waals surface area contributed by atoms with Crippen molar-refractivity contribution in [2.75, 3.05) is 13.7 Å². The van der Waals surface area contributed by atoms with Gasteiger partial charge in [-0.1, -0.05) is 63.2 Å². The van der Waals surface area contributed by atoms with Crippen LogP contribution in [0.5, 0.6) is 11.5 Å². The Hall–Kier alpha value is -2.06. The summed E-state index contributed by atoms with van der Waals surface area (Å²) in [5, 5.41) is 9.55. The summed E-state index contributed by atoms with van der Waals surface area (Å²) in [4.78, 5) is 26.1. The summed E-state index contributed by atoms with van der Waals surface area (Å²) >= 11 is 6.43. The highest BCUT2D eigenvalue weighted by Gasteiger charge is 2.40. The zero-order valence-electron chi connectivity index (χ0n) is 17.0. The molecular formula is C21H27NO5S2. The molecule has 1 saturated heterocycles. The third kappa shape index (κ3) is 5.96. The van der Waals surface area contributed by atoms with Gasteiger partial charge >= 0.3 is 5.97 Å². The number of carbonyl (C=O) groups is 2. The van der Waals surface area contributed by atoms with Crippen LogP contribution in [0.1, 0.15) is 51.5 Å². The summed E-state index contributed by atoms with van der Waals surface area (Å²) in [6, 6.07) is 4.50. The molecule has 1 heterocycles. The minimum Gasteiger partial charge on any atom is -0.493 e. The van der Waals surface area contributed by atoms with Crippen molar-refractivity contribution >= 4 is 46.3 Å². The van der Waals surface area contributed by atoms with Crippen LogP contribution < -0.4 is 9.47 Å². The molecule has 158 valence electrons. The number of amides is 1. The third-order valence-electron chi connectivity index (χ3n) is 4.49. The van der Waals surface area contributed by atoms with E-state index in [0.717, 1.165) is 36.6 Å². The number of aliphatic carboxylic acids is 1. The van der Waals surface area contributed by atoms with E-state index in [1.54, 1.807) is 19.3 Å². The average molecular weight is 438 g/mol. The van der Waals surface area contributed by atoms with Gasteiger partial charge in [0.1, 0.15) is 10.4 Å². The van der Waals surface area contributed by atoms with E-state index in [1.165, 1.54) is 4.90 Å². The zero-order chi connectivity index (χ0) is 21.4. The highest BCUT2D eigenvalue weighted by molar-refractivity contribution is 8.26. The predicted octanol–water partition coefficient (Wildman–Crippen LogP) is 4.72. The van der Waals surface area contributed by atoms with Crippen molar-refractivity contribution in [2.45, 2.75) is 52.0 Å². The number of unbranched alkanes of at least 4 members (excludes halogenated alkanes) is 2.